The summed E-state index contributed by atoms with van der Waals surface area (Å²) in [4.78, 5) is 25.8. The second-order valence-corrected chi connectivity index (χ2v) is 6.17. The molecule has 0 saturated carbocycles. The summed E-state index contributed by atoms with van der Waals surface area (Å²) in [5.74, 6) is 0.112. The second kappa shape index (κ2) is 7.57. The molecule has 0 unspecified atom stereocenters. The van der Waals surface area contributed by atoms with Gasteiger partial charge in [-0.05, 0) is 36.8 Å². The van der Waals surface area contributed by atoms with Crippen LogP contribution in [0.5, 0.6) is 5.75 Å². The Morgan fingerprint density at radius 1 is 1.24 bits per heavy atom. The summed E-state index contributed by atoms with van der Waals surface area (Å²) < 4.78 is 10.8. The van der Waals surface area contributed by atoms with Gasteiger partial charge in [0.05, 0.1) is 12.1 Å². The molecular formula is C19H18ClNO4. The van der Waals surface area contributed by atoms with Gasteiger partial charge in [-0.15, -0.1) is 0 Å². The number of fused-ring (bicyclic) bond motifs is 1. The van der Waals surface area contributed by atoms with Gasteiger partial charge in [-0.25, -0.2) is 0 Å². The van der Waals surface area contributed by atoms with Crippen LogP contribution in [0.3, 0.4) is 0 Å². The Kier molecular flexibility index (Phi) is 5.24. The predicted molar refractivity (Wildman–Crippen MR) is 94.9 cm³/mol. The van der Waals surface area contributed by atoms with Gasteiger partial charge in [-0.2, -0.15) is 0 Å². The van der Waals surface area contributed by atoms with Crippen LogP contribution in [-0.2, 0) is 14.3 Å². The summed E-state index contributed by atoms with van der Waals surface area (Å²) in [6.45, 7) is 2.04. The number of rotatable bonds is 5. The SMILES string of the molecule is C[C@H](OC(=O)CCN1C(=O)COc2ccccc21)c1ccc(Cl)cc1. The molecule has 1 aliphatic rings. The Hall–Kier alpha value is -2.53. The van der Waals surface area contributed by atoms with E-state index in [1.54, 1.807) is 36.1 Å². The highest BCUT2D eigenvalue weighted by atomic mass is 35.5. The third-order valence-corrected chi connectivity index (χ3v) is 4.25. The molecule has 5 nitrogen and oxygen atoms in total. The first-order chi connectivity index (χ1) is 12.0. The predicted octanol–water partition coefficient (Wildman–Crippen LogP) is 3.76. The van der Waals surface area contributed by atoms with E-state index in [0.717, 1.165) is 5.56 Å². The molecule has 130 valence electrons. The van der Waals surface area contributed by atoms with Crippen molar-refractivity contribution in [2.45, 2.75) is 19.4 Å². The van der Waals surface area contributed by atoms with Gasteiger partial charge in [0, 0.05) is 11.6 Å². The van der Waals surface area contributed by atoms with E-state index in [-0.39, 0.29) is 37.6 Å². The highest BCUT2D eigenvalue weighted by Crippen LogP contribution is 2.31. The first-order valence-corrected chi connectivity index (χ1v) is 8.39. The molecule has 6 heteroatoms. The number of anilines is 1. The molecule has 0 fully saturated rings. The quantitative estimate of drug-likeness (QED) is 0.763. The third-order valence-electron chi connectivity index (χ3n) is 4.00. The average Bonchev–Trinajstić information content (AvgIpc) is 2.61. The van der Waals surface area contributed by atoms with Crippen LogP contribution in [0.2, 0.25) is 5.02 Å². The lowest BCUT2D eigenvalue weighted by Crippen LogP contribution is -2.40. The highest BCUT2D eigenvalue weighted by Gasteiger charge is 2.25. The Morgan fingerprint density at radius 2 is 1.96 bits per heavy atom. The van der Waals surface area contributed by atoms with E-state index in [0.29, 0.717) is 16.5 Å². The molecule has 2 aromatic rings. The number of para-hydroxylation sites is 2. The van der Waals surface area contributed by atoms with Crippen molar-refractivity contribution in [3.05, 3.63) is 59.1 Å². The standard InChI is InChI=1S/C19H18ClNO4/c1-13(14-6-8-15(20)9-7-14)25-19(23)10-11-21-16-4-2-3-5-17(16)24-12-18(21)22/h2-9,13H,10-12H2,1H3/t13-/m0/s1. The largest absolute Gasteiger partial charge is 0.482 e. The summed E-state index contributed by atoms with van der Waals surface area (Å²) in [7, 11) is 0. The van der Waals surface area contributed by atoms with Crippen LogP contribution in [-0.4, -0.2) is 25.0 Å². The van der Waals surface area contributed by atoms with Crippen molar-refractivity contribution in [2.24, 2.45) is 0 Å². The number of benzene rings is 2. The molecule has 0 aromatic heterocycles. The van der Waals surface area contributed by atoms with Gasteiger partial charge in [-0.3, -0.25) is 9.59 Å². The minimum atomic E-state index is -0.377. The summed E-state index contributed by atoms with van der Waals surface area (Å²) in [5, 5.41) is 0.631. The zero-order chi connectivity index (χ0) is 17.8. The lowest BCUT2D eigenvalue weighted by atomic mass is 10.1. The number of hydrogen-bond donors (Lipinski definition) is 0. The number of nitrogens with zero attached hydrogens (tertiary/aromatic N) is 1. The van der Waals surface area contributed by atoms with Gasteiger partial charge >= 0.3 is 5.97 Å². The fourth-order valence-corrected chi connectivity index (χ4v) is 2.79. The van der Waals surface area contributed by atoms with Crippen molar-refractivity contribution in [3.8, 4) is 5.75 Å². The number of esters is 1. The summed E-state index contributed by atoms with van der Waals surface area (Å²) >= 11 is 5.86. The molecule has 25 heavy (non-hydrogen) atoms. The van der Waals surface area contributed by atoms with E-state index in [9.17, 15) is 9.59 Å². The maximum absolute atomic E-state index is 12.1. The van der Waals surface area contributed by atoms with Crippen LogP contribution in [0.25, 0.3) is 0 Å². The number of halogens is 1. The smallest absolute Gasteiger partial charge is 0.308 e. The molecule has 1 heterocycles. The minimum Gasteiger partial charge on any atom is -0.482 e. The van der Waals surface area contributed by atoms with E-state index >= 15 is 0 Å². The molecule has 0 saturated heterocycles. The van der Waals surface area contributed by atoms with Gasteiger partial charge in [0.1, 0.15) is 11.9 Å². The van der Waals surface area contributed by atoms with Gasteiger partial charge in [0.15, 0.2) is 6.61 Å². The zero-order valence-electron chi connectivity index (χ0n) is 13.8. The number of hydrogen-bond acceptors (Lipinski definition) is 4. The summed E-state index contributed by atoms with van der Waals surface area (Å²) in [6, 6.07) is 14.4. The van der Waals surface area contributed by atoms with Crippen molar-refractivity contribution in [1.29, 1.82) is 0 Å². The first-order valence-electron chi connectivity index (χ1n) is 8.02. The summed E-state index contributed by atoms with van der Waals surface area (Å²) in [6.07, 6.45) is -0.268. The van der Waals surface area contributed by atoms with E-state index in [2.05, 4.69) is 0 Å². The van der Waals surface area contributed by atoms with Crippen molar-refractivity contribution in [1.82, 2.24) is 0 Å². The highest BCUT2D eigenvalue weighted by molar-refractivity contribution is 6.30. The van der Waals surface area contributed by atoms with Crippen molar-refractivity contribution in [2.75, 3.05) is 18.1 Å². The van der Waals surface area contributed by atoms with Gasteiger partial charge in [-0.1, -0.05) is 35.9 Å². The van der Waals surface area contributed by atoms with Crippen LogP contribution in [0.15, 0.2) is 48.5 Å². The molecular weight excluding hydrogens is 342 g/mol. The Balaban J connectivity index is 1.59. The normalized spacial score (nSPS) is 14.5. The molecule has 1 amide bonds. The van der Waals surface area contributed by atoms with Crippen molar-refractivity contribution in [3.63, 3.8) is 0 Å². The molecule has 1 atom stereocenters. The van der Waals surface area contributed by atoms with Gasteiger partial charge < -0.3 is 14.4 Å². The Morgan fingerprint density at radius 3 is 2.72 bits per heavy atom. The lowest BCUT2D eigenvalue weighted by molar-refractivity contribution is -0.148. The van der Waals surface area contributed by atoms with Crippen LogP contribution in [0.1, 0.15) is 25.0 Å². The first kappa shape index (κ1) is 17.3. The minimum absolute atomic E-state index is 0.0206. The van der Waals surface area contributed by atoms with Gasteiger partial charge in [0.25, 0.3) is 5.91 Å². The molecule has 0 radical (unpaired) electrons. The maximum Gasteiger partial charge on any atom is 0.308 e. The lowest BCUT2D eigenvalue weighted by Gasteiger charge is -2.29. The second-order valence-electron chi connectivity index (χ2n) is 5.74. The zero-order valence-corrected chi connectivity index (χ0v) is 14.5. The molecule has 0 bridgehead atoms. The van der Waals surface area contributed by atoms with Crippen molar-refractivity contribution < 1.29 is 19.1 Å². The van der Waals surface area contributed by atoms with Crippen molar-refractivity contribution >= 4 is 29.2 Å². The van der Waals surface area contributed by atoms with Crippen LogP contribution < -0.4 is 9.64 Å². The summed E-state index contributed by atoms with van der Waals surface area (Å²) in [5.41, 5.74) is 1.54. The Labute approximate surface area is 151 Å². The number of amides is 1. The van der Waals surface area contributed by atoms with E-state index in [1.807, 2.05) is 24.3 Å². The molecule has 2 aromatic carbocycles. The topological polar surface area (TPSA) is 55.8 Å². The Bertz CT molecular complexity index is 775. The maximum atomic E-state index is 12.1. The van der Waals surface area contributed by atoms with Crippen LogP contribution >= 0.6 is 11.6 Å². The van der Waals surface area contributed by atoms with Crippen LogP contribution in [0, 0.1) is 0 Å². The number of ether oxygens (including phenoxy) is 2. The average molecular weight is 360 g/mol. The third kappa shape index (κ3) is 4.12. The molecule has 1 aliphatic heterocycles. The van der Waals surface area contributed by atoms with E-state index in [1.165, 1.54) is 0 Å². The molecule has 3 rings (SSSR count). The molecule has 0 spiro atoms. The molecule has 0 aliphatic carbocycles. The van der Waals surface area contributed by atoms with Crippen LogP contribution in [0.4, 0.5) is 5.69 Å². The van der Waals surface area contributed by atoms with Gasteiger partial charge in [0.2, 0.25) is 0 Å². The molecule has 0 N–H and O–H groups in total. The fourth-order valence-electron chi connectivity index (χ4n) is 2.66. The van der Waals surface area contributed by atoms with E-state index < -0.39 is 0 Å². The fraction of sp³-hybridized carbons (Fsp3) is 0.263. The number of carbonyl (C=O) groups excluding carboxylic acids is 2. The number of carbonyl (C=O) groups is 2. The monoisotopic (exact) mass is 359 g/mol. The van der Waals surface area contributed by atoms with E-state index in [4.69, 9.17) is 21.1 Å².